The number of hydrogen-bond donors (Lipinski definition) is 0. The molecule has 0 saturated carbocycles. The van der Waals surface area contributed by atoms with Gasteiger partial charge in [-0.1, -0.05) is 53.3 Å². The van der Waals surface area contributed by atoms with Crippen LogP contribution in [0.15, 0.2) is 40.9 Å². The van der Waals surface area contributed by atoms with Crippen LogP contribution >= 0.6 is 38.9 Å². The molecule has 0 radical (unpaired) electrons. The summed E-state index contributed by atoms with van der Waals surface area (Å²) in [5.41, 5.74) is 0. The first kappa shape index (κ1) is 13.5. The fourth-order valence-corrected chi connectivity index (χ4v) is 3.29. The fourth-order valence-electron chi connectivity index (χ4n) is 1.80. The van der Waals surface area contributed by atoms with E-state index >= 15 is 0 Å². The molecule has 0 fully saturated rings. The highest BCUT2D eigenvalue weighted by atomic mass is 79.9. The van der Waals surface area contributed by atoms with Crippen molar-refractivity contribution in [2.45, 2.75) is 0 Å². The van der Waals surface area contributed by atoms with E-state index in [1.807, 2.05) is 36.4 Å². The highest BCUT2D eigenvalue weighted by Crippen LogP contribution is 2.38. The van der Waals surface area contributed by atoms with Gasteiger partial charge in [-0.05, 0) is 32.8 Å². The van der Waals surface area contributed by atoms with Crippen LogP contribution in [0.2, 0.25) is 5.15 Å². The summed E-state index contributed by atoms with van der Waals surface area (Å²) in [4.78, 5) is 15.1. The zero-order chi connectivity index (χ0) is 14.1. The Morgan fingerprint density at radius 3 is 2.80 bits per heavy atom. The van der Waals surface area contributed by atoms with E-state index in [9.17, 15) is 4.79 Å². The van der Waals surface area contributed by atoms with Crippen LogP contribution in [0.5, 0.6) is 10.9 Å². The first-order valence-corrected chi connectivity index (χ1v) is 7.64. The van der Waals surface area contributed by atoms with E-state index in [0.717, 1.165) is 26.6 Å². The van der Waals surface area contributed by atoms with Crippen molar-refractivity contribution in [2.24, 2.45) is 0 Å². The van der Waals surface area contributed by atoms with E-state index < -0.39 is 0 Å². The molecule has 2 aromatic carbocycles. The predicted molar refractivity (Wildman–Crippen MR) is 84.2 cm³/mol. The average Bonchev–Trinajstić information content (AvgIpc) is 2.82. The van der Waals surface area contributed by atoms with E-state index in [0.29, 0.717) is 22.1 Å². The number of ether oxygens (including phenoxy) is 1. The maximum atomic E-state index is 10.8. The normalized spacial score (nSPS) is 10.7. The molecule has 3 rings (SSSR count). The van der Waals surface area contributed by atoms with Crippen LogP contribution in [0.4, 0.5) is 0 Å². The molecular formula is C14H7BrClNO2S. The first-order valence-electron chi connectivity index (χ1n) is 5.65. The highest BCUT2D eigenvalue weighted by Gasteiger charge is 2.13. The third-order valence-electron chi connectivity index (χ3n) is 2.72. The van der Waals surface area contributed by atoms with Gasteiger partial charge in [0.25, 0.3) is 5.19 Å². The predicted octanol–water partition coefficient (Wildman–Crippen LogP) is 5.32. The molecule has 1 heterocycles. The summed E-state index contributed by atoms with van der Waals surface area (Å²) in [5, 5.41) is 2.66. The van der Waals surface area contributed by atoms with Crippen molar-refractivity contribution in [1.82, 2.24) is 4.98 Å². The smallest absolute Gasteiger partial charge is 0.280 e. The van der Waals surface area contributed by atoms with Gasteiger partial charge in [-0.25, -0.2) is 0 Å². The summed E-state index contributed by atoms with van der Waals surface area (Å²) in [6.07, 6.45) is 0.669. The van der Waals surface area contributed by atoms with Gasteiger partial charge in [0.1, 0.15) is 10.6 Å². The largest absolute Gasteiger partial charge is 0.430 e. The van der Waals surface area contributed by atoms with Crippen molar-refractivity contribution >= 4 is 55.9 Å². The zero-order valence-corrected chi connectivity index (χ0v) is 13.1. The van der Waals surface area contributed by atoms with Crippen molar-refractivity contribution in [2.75, 3.05) is 0 Å². The molecule has 0 bridgehead atoms. The Hall–Kier alpha value is -1.43. The zero-order valence-electron chi connectivity index (χ0n) is 9.97. The molecule has 0 N–H and O–H groups in total. The van der Waals surface area contributed by atoms with Gasteiger partial charge < -0.3 is 4.74 Å². The number of aldehydes is 1. The summed E-state index contributed by atoms with van der Waals surface area (Å²) in [7, 11) is 0. The Kier molecular flexibility index (Phi) is 3.74. The van der Waals surface area contributed by atoms with Crippen LogP contribution in [-0.2, 0) is 0 Å². The molecule has 0 aliphatic carbocycles. The summed E-state index contributed by atoms with van der Waals surface area (Å²) in [5.74, 6) is 0.631. The number of thiazole rings is 1. The van der Waals surface area contributed by atoms with Crippen molar-refractivity contribution in [3.63, 3.8) is 0 Å². The minimum Gasteiger partial charge on any atom is -0.430 e. The van der Waals surface area contributed by atoms with Crippen molar-refractivity contribution in [3.05, 3.63) is 50.9 Å². The first-order chi connectivity index (χ1) is 9.69. The van der Waals surface area contributed by atoms with Gasteiger partial charge in [0, 0.05) is 0 Å². The van der Waals surface area contributed by atoms with Gasteiger partial charge in [0.15, 0.2) is 11.4 Å². The van der Waals surface area contributed by atoms with Gasteiger partial charge in [0.05, 0.1) is 4.47 Å². The fraction of sp³-hybridized carbons (Fsp3) is 0. The Labute approximate surface area is 132 Å². The second kappa shape index (κ2) is 5.52. The molecule has 3 aromatic rings. The molecule has 0 saturated heterocycles. The number of halogens is 2. The van der Waals surface area contributed by atoms with Crippen molar-refractivity contribution < 1.29 is 9.53 Å². The van der Waals surface area contributed by atoms with Gasteiger partial charge >= 0.3 is 0 Å². The van der Waals surface area contributed by atoms with E-state index in [1.54, 1.807) is 0 Å². The molecule has 100 valence electrons. The molecule has 3 nitrogen and oxygen atoms in total. The molecule has 1 aromatic heterocycles. The lowest BCUT2D eigenvalue weighted by Crippen LogP contribution is -1.85. The number of carbonyl (C=O) groups excluding carboxylic acids is 1. The van der Waals surface area contributed by atoms with Crippen LogP contribution in [0.3, 0.4) is 0 Å². The molecule has 0 amide bonds. The Morgan fingerprint density at radius 1 is 1.25 bits per heavy atom. The lowest BCUT2D eigenvalue weighted by Gasteiger charge is -2.07. The summed E-state index contributed by atoms with van der Waals surface area (Å²) >= 11 is 10.5. The Bertz CT molecular complexity index is 803. The van der Waals surface area contributed by atoms with Gasteiger partial charge in [-0.2, -0.15) is 4.98 Å². The number of aromatic nitrogens is 1. The molecule has 6 heteroatoms. The molecule has 0 unspecified atom stereocenters. The number of nitrogens with zero attached hydrogens (tertiary/aromatic N) is 1. The topological polar surface area (TPSA) is 39.2 Å². The Balaban J connectivity index is 2.02. The quantitative estimate of drug-likeness (QED) is 0.588. The van der Waals surface area contributed by atoms with Crippen LogP contribution in [0.25, 0.3) is 10.8 Å². The molecule has 0 atom stereocenters. The summed E-state index contributed by atoms with van der Waals surface area (Å²) < 4.78 is 6.54. The number of hydrogen-bond acceptors (Lipinski definition) is 4. The molecule has 0 spiro atoms. The second-order valence-corrected chi connectivity index (χ2v) is 6.10. The number of benzene rings is 2. The lowest BCUT2D eigenvalue weighted by molar-refractivity contribution is 0.112. The van der Waals surface area contributed by atoms with E-state index in [-0.39, 0.29) is 5.15 Å². The second-order valence-electron chi connectivity index (χ2n) is 3.95. The van der Waals surface area contributed by atoms with Gasteiger partial charge in [-0.15, -0.1) is 0 Å². The summed E-state index contributed by atoms with van der Waals surface area (Å²) in [6, 6.07) is 11.8. The molecule has 20 heavy (non-hydrogen) atoms. The molecule has 0 aliphatic rings. The lowest BCUT2D eigenvalue weighted by atomic mass is 10.1. The van der Waals surface area contributed by atoms with Crippen LogP contribution in [0, 0.1) is 0 Å². The van der Waals surface area contributed by atoms with Crippen LogP contribution in [-0.4, -0.2) is 11.3 Å². The highest BCUT2D eigenvalue weighted by molar-refractivity contribution is 9.10. The third kappa shape index (κ3) is 2.44. The van der Waals surface area contributed by atoms with E-state index in [1.165, 1.54) is 0 Å². The minimum absolute atomic E-state index is 0.164. The van der Waals surface area contributed by atoms with Gasteiger partial charge in [-0.3, -0.25) is 4.79 Å². The number of carbonyl (C=O) groups is 1. The molecule has 0 aliphatic heterocycles. The third-order valence-corrected chi connectivity index (χ3v) is 4.80. The SMILES string of the molecule is O=Cc1sc(Oc2ccc3ccccc3c2Br)nc1Cl. The maximum Gasteiger partial charge on any atom is 0.280 e. The van der Waals surface area contributed by atoms with Crippen LogP contribution in [0.1, 0.15) is 9.67 Å². The number of fused-ring (bicyclic) bond motifs is 1. The Morgan fingerprint density at radius 2 is 2.05 bits per heavy atom. The monoisotopic (exact) mass is 367 g/mol. The van der Waals surface area contributed by atoms with E-state index in [2.05, 4.69) is 20.9 Å². The average molecular weight is 369 g/mol. The maximum absolute atomic E-state index is 10.8. The van der Waals surface area contributed by atoms with Crippen LogP contribution < -0.4 is 4.74 Å². The standard InChI is InChI=1S/C14H7BrClNO2S/c15-12-9-4-2-1-3-8(9)5-6-10(12)19-14-17-13(16)11(7-18)20-14/h1-7H. The minimum atomic E-state index is 0.164. The summed E-state index contributed by atoms with van der Waals surface area (Å²) in [6.45, 7) is 0. The van der Waals surface area contributed by atoms with Crippen molar-refractivity contribution in [3.8, 4) is 10.9 Å². The van der Waals surface area contributed by atoms with E-state index in [4.69, 9.17) is 16.3 Å². The van der Waals surface area contributed by atoms with Gasteiger partial charge in [0.2, 0.25) is 0 Å². The van der Waals surface area contributed by atoms with Crippen molar-refractivity contribution in [1.29, 1.82) is 0 Å². The number of rotatable bonds is 3. The molecular weight excluding hydrogens is 362 g/mol.